The highest BCUT2D eigenvalue weighted by atomic mass is 16.4. The Kier molecular flexibility index (Phi) is 4.20. The summed E-state index contributed by atoms with van der Waals surface area (Å²) < 4.78 is 0. The molecule has 98 valence electrons. The summed E-state index contributed by atoms with van der Waals surface area (Å²) in [5.41, 5.74) is 1.26. The fraction of sp³-hybridized carbons (Fsp3) is 0.500. The number of hydrogen-bond donors (Lipinski definition) is 3. The van der Waals surface area contributed by atoms with Crippen molar-refractivity contribution in [3.63, 3.8) is 0 Å². The van der Waals surface area contributed by atoms with Crippen molar-refractivity contribution >= 4 is 11.7 Å². The average Bonchev–Trinajstić information content (AvgIpc) is 2.38. The van der Waals surface area contributed by atoms with Crippen molar-refractivity contribution in [2.45, 2.75) is 31.8 Å². The highest BCUT2D eigenvalue weighted by Crippen LogP contribution is 2.24. The molecule has 1 saturated carbocycles. The molecular formula is C14H19NO3. The second-order valence-electron chi connectivity index (χ2n) is 4.94. The molecule has 2 rings (SSSR count). The van der Waals surface area contributed by atoms with Gasteiger partial charge >= 0.3 is 5.97 Å². The minimum atomic E-state index is -0.900. The Hall–Kier alpha value is -1.55. The molecule has 18 heavy (non-hydrogen) atoms. The lowest BCUT2D eigenvalue weighted by Crippen LogP contribution is -2.23. The van der Waals surface area contributed by atoms with Crippen LogP contribution in [0, 0.1) is 5.92 Å². The fourth-order valence-corrected chi connectivity index (χ4v) is 2.34. The molecule has 1 aromatic rings. The van der Waals surface area contributed by atoms with Gasteiger partial charge in [0.15, 0.2) is 0 Å². The maximum Gasteiger partial charge on any atom is 0.335 e. The summed E-state index contributed by atoms with van der Waals surface area (Å²) in [6.45, 7) is 0.888. The van der Waals surface area contributed by atoms with Gasteiger partial charge in [-0.25, -0.2) is 4.79 Å². The van der Waals surface area contributed by atoms with E-state index in [1.807, 2.05) is 0 Å². The third-order valence-electron chi connectivity index (χ3n) is 3.54. The van der Waals surface area contributed by atoms with Crippen molar-refractivity contribution in [1.82, 2.24) is 0 Å². The van der Waals surface area contributed by atoms with Gasteiger partial charge in [0.05, 0.1) is 11.7 Å². The van der Waals surface area contributed by atoms with E-state index in [1.54, 1.807) is 24.3 Å². The molecule has 4 heteroatoms. The van der Waals surface area contributed by atoms with Crippen LogP contribution in [0.15, 0.2) is 24.3 Å². The lowest BCUT2D eigenvalue weighted by molar-refractivity contribution is 0.0697. The van der Waals surface area contributed by atoms with Gasteiger partial charge in [-0.3, -0.25) is 0 Å². The largest absolute Gasteiger partial charge is 0.478 e. The van der Waals surface area contributed by atoms with Crippen molar-refractivity contribution in [2.75, 3.05) is 11.9 Å². The third-order valence-corrected chi connectivity index (χ3v) is 3.54. The maximum atomic E-state index is 10.7. The van der Waals surface area contributed by atoms with E-state index in [2.05, 4.69) is 5.32 Å². The normalized spacial score (nSPS) is 23.6. The molecule has 0 spiro atoms. The molecule has 0 atom stereocenters. The molecule has 0 heterocycles. The van der Waals surface area contributed by atoms with Crippen LogP contribution in [-0.4, -0.2) is 28.8 Å². The molecule has 0 aliphatic heterocycles. The summed E-state index contributed by atoms with van der Waals surface area (Å²) in [6.07, 6.45) is 3.79. The molecule has 0 amide bonds. The van der Waals surface area contributed by atoms with Gasteiger partial charge in [-0.1, -0.05) is 0 Å². The summed E-state index contributed by atoms with van der Waals surface area (Å²) in [7, 11) is 0. The highest BCUT2D eigenvalue weighted by Gasteiger charge is 2.18. The number of aliphatic hydroxyl groups is 1. The Morgan fingerprint density at radius 3 is 2.33 bits per heavy atom. The SMILES string of the molecule is O=C(O)c1ccc(NCC2CCC(O)CC2)cc1. The highest BCUT2D eigenvalue weighted by molar-refractivity contribution is 5.87. The number of aromatic carboxylic acids is 1. The molecule has 0 aromatic heterocycles. The lowest BCUT2D eigenvalue weighted by Gasteiger charge is -2.25. The predicted octanol–water partition coefficient (Wildman–Crippen LogP) is 2.35. The molecule has 1 fully saturated rings. The van der Waals surface area contributed by atoms with Gasteiger partial charge in [0.1, 0.15) is 0 Å². The van der Waals surface area contributed by atoms with E-state index in [-0.39, 0.29) is 6.10 Å². The van der Waals surface area contributed by atoms with E-state index < -0.39 is 5.97 Å². The Bertz CT molecular complexity index is 394. The quantitative estimate of drug-likeness (QED) is 0.766. The van der Waals surface area contributed by atoms with E-state index in [0.717, 1.165) is 37.9 Å². The van der Waals surface area contributed by atoms with Crippen molar-refractivity contribution in [1.29, 1.82) is 0 Å². The maximum absolute atomic E-state index is 10.7. The van der Waals surface area contributed by atoms with Crippen LogP contribution in [0.4, 0.5) is 5.69 Å². The molecule has 0 saturated heterocycles. The first kappa shape index (κ1) is 12.9. The van der Waals surface area contributed by atoms with Gasteiger partial charge < -0.3 is 15.5 Å². The predicted molar refractivity (Wildman–Crippen MR) is 69.9 cm³/mol. The first-order valence-electron chi connectivity index (χ1n) is 6.40. The van der Waals surface area contributed by atoms with Crippen molar-refractivity contribution in [3.8, 4) is 0 Å². The third kappa shape index (κ3) is 3.47. The number of anilines is 1. The molecule has 3 N–H and O–H groups in total. The first-order valence-corrected chi connectivity index (χ1v) is 6.40. The Morgan fingerprint density at radius 2 is 1.78 bits per heavy atom. The van der Waals surface area contributed by atoms with Crippen LogP contribution in [-0.2, 0) is 0 Å². The van der Waals surface area contributed by atoms with Crippen LogP contribution in [0.25, 0.3) is 0 Å². The van der Waals surface area contributed by atoms with Gasteiger partial charge in [-0.05, 0) is 55.9 Å². The van der Waals surface area contributed by atoms with Gasteiger partial charge in [0.25, 0.3) is 0 Å². The molecule has 4 nitrogen and oxygen atoms in total. The number of nitrogens with one attached hydrogen (secondary N) is 1. The molecule has 1 aliphatic rings. The van der Waals surface area contributed by atoms with Gasteiger partial charge in [-0.2, -0.15) is 0 Å². The van der Waals surface area contributed by atoms with E-state index >= 15 is 0 Å². The summed E-state index contributed by atoms with van der Waals surface area (Å²) in [6, 6.07) is 6.80. The number of benzene rings is 1. The minimum Gasteiger partial charge on any atom is -0.478 e. The molecule has 1 aliphatic carbocycles. The van der Waals surface area contributed by atoms with E-state index in [4.69, 9.17) is 5.11 Å². The van der Waals surface area contributed by atoms with Crippen molar-refractivity contribution in [2.24, 2.45) is 5.92 Å². The van der Waals surface area contributed by atoms with Crippen LogP contribution in [0.1, 0.15) is 36.0 Å². The Balaban J connectivity index is 1.81. The molecule has 1 aromatic carbocycles. The van der Waals surface area contributed by atoms with E-state index in [1.165, 1.54) is 0 Å². The zero-order valence-corrected chi connectivity index (χ0v) is 10.3. The topological polar surface area (TPSA) is 69.6 Å². The minimum absolute atomic E-state index is 0.115. The lowest BCUT2D eigenvalue weighted by atomic mass is 9.87. The number of hydrogen-bond acceptors (Lipinski definition) is 3. The second kappa shape index (κ2) is 5.87. The summed E-state index contributed by atoms with van der Waals surface area (Å²) in [5.74, 6) is -0.296. The van der Waals surface area contributed by atoms with Crippen molar-refractivity contribution in [3.05, 3.63) is 29.8 Å². The zero-order chi connectivity index (χ0) is 13.0. The summed E-state index contributed by atoms with van der Waals surface area (Å²) in [4.78, 5) is 10.7. The standard InChI is InChI=1S/C14H19NO3/c16-13-7-1-10(2-8-13)9-15-12-5-3-11(4-6-12)14(17)18/h3-6,10,13,15-16H,1-2,7-9H2,(H,17,18). The van der Waals surface area contributed by atoms with Gasteiger partial charge in [0, 0.05) is 12.2 Å². The molecule has 0 bridgehead atoms. The second-order valence-corrected chi connectivity index (χ2v) is 4.94. The van der Waals surface area contributed by atoms with Crippen LogP contribution >= 0.6 is 0 Å². The van der Waals surface area contributed by atoms with Gasteiger partial charge in [0.2, 0.25) is 0 Å². The molecular weight excluding hydrogens is 230 g/mol. The van der Waals surface area contributed by atoms with Crippen LogP contribution in [0.3, 0.4) is 0 Å². The number of aliphatic hydroxyl groups excluding tert-OH is 1. The number of carbonyl (C=O) groups is 1. The van der Waals surface area contributed by atoms with Gasteiger partial charge in [-0.15, -0.1) is 0 Å². The molecule has 0 radical (unpaired) electrons. The number of carboxylic acids is 1. The summed E-state index contributed by atoms with van der Waals surface area (Å²) in [5, 5.41) is 21.5. The van der Waals surface area contributed by atoms with Crippen LogP contribution in [0.5, 0.6) is 0 Å². The molecule has 0 unspecified atom stereocenters. The Morgan fingerprint density at radius 1 is 1.17 bits per heavy atom. The van der Waals surface area contributed by atoms with Crippen molar-refractivity contribution < 1.29 is 15.0 Å². The van der Waals surface area contributed by atoms with E-state index in [9.17, 15) is 9.90 Å². The van der Waals surface area contributed by atoms with Crippen LogP contribution < -0.4 is 5.32 Å². The zero-order valence-electron chi connectivity index (χ0n) is 10.3. The number of carboxylic acid groups (broad SMARTS) is 1. The monoisotopic (exact) mass is 249 g/mol. The summed E-state index contributed by atoms with van der Waals surface area (Å²) >= 11 is 0. The fourth-order valence-electron chi connectivity index (χ4n) is 2.34. The smallest absolute Gasteiger partial charge is 0.335 e. The van der Waals surface area contributed by atoms with Crippen LogP contribution in [0.2, 0.25) is 0 Å². The number of rotatable bonds is 4. The Labute approximate surface area is 107 Å². The first-order chi connectivity index (χ1) is 8.65. The average molecular weight is 249 g/mol. The van der Waals surface area contributed by atoms with E-state index in [0.29, 0.717) is 11.5 Å².